The van der Waals surface area contributed by atoms with Gasteiger partial charge in [0.05, 0.1) is 11.6 Å². The van der Waals surface area contributed by atoms with Crippen LogP contribution in [0.25, 0.3) is 0 Å². The Morgan fingerprint density at radius 2 is 1.82 bits per heavy atom. The lowest BCUT2D eigenvalue weighted by Crippen LogP contribution is -2.44. The van der Waals surface area contributed by atoms with Crippen molar-refractivity contribution in [3.05, 3.63) is 63.6 Å². The summed E-state index contributed by atoms with van der Waals surface area (Å²) < 4.78 is 0. The summed E-state index contributed by atoms with van der Waals surface area (Å²) in [4.78, 5) is 20.3. The molecular weight excluding hydrogens is 348 g/mol. The molecule has 4 rings (SSSR count). The molecule has 28 heavy (non-hydrogen) atoms. The predicted octanol–water partition coefficient (Wildman–Crippen LogP) is 3.27. The van der Waals surface area contributed by atoms with E-state index in [0.29, 0.717) is 17.5 Å². The number of H-pyrrole nitrogens is 1. The number of hydrogen-bond donors (Lipinski definition) is 1. The molecule has 0 bridgehead atoms. The van der Waals surface area contributed by atoms with Crippen LogP contribution in [0.1, 0.15) is 48.9 Å². The van der Waals surface area contributed by atoms with Crippen LogP contribution in [0.15, 0.2) is 41.2 Å². The van der Waals surface area contributed by atoms with Crippen LogP contribution in [-0.2, 0) is 6.42 Å². The van der Waals surface area contributed by atoms with Crippen LogP contribution in [0.5, 0.6) is 0 Å². The highest BCUT2D eigenvalue weighted by molar-refractivity contribution is 5.50. The largest absolute Gasteiger partial charge is 0.371 e. The number of likely N-dealkylation sites (tertiary alicyclic amines) is 1. The zero-order valence-corrected chi connectivity index (χ0v) is 16.5. The highest BCUT2D eigenvalue weighted by Crippen LogP contribution is 2.30. The highest BCUT2D eigenvalue weighted by atomic mass is 16.1. The third kappa shape index (κ3) is 3.83. The molecule has 1 N–H and O–H groups in total. The van der Waals surface area contributed by atoms with Gasteiger partial charge in [-0.15, -0.1) is 0 Å². The molecule has 0 radical (unpaired) electrons. The number of aromatic nitrogens is 1. The van der Waals surface area contributed by atoms with Crippen molar-refractivity contribution in [2.75, 3.05) is 31.1 Å². The van der Waals surface area contributed by atoms with E-state index in [9.17, 15) is 4.79 Å². The van der Waals surface area contributed by atoms with Crippen molar-refractivity contribution in [3.8, 4) is 6.07 Å². The van der Waals surface area contributed by atoms with E-state index in [1.165, 1.54) is 5.69 Å². The minimum absolute atomic E-state index is 0.0779. The van der Waals surface area contributed by atoms with Gasteiger partial charge in [-0.05, 0) is 62.6 Å². The van der Waals surface area contributed by atoms with Gasteiger partial charge in [-0.25, -0.2) is 0 Å². The summed E-state index contributed by atoms with van der Waals surface area (Å²) in [7, 11) is 0. The van der Waals surface area contributed by atoms with Gasteiger partial charge in [-0.3, -0.25) is 9.69 Å². The van der Waals surface area contributed by atoms with Gasteiger partial charge >= 0.3 is 0 Å². The van der Waals surface area contributed by atoms with E-state index in [2.05, 4.69) is 39.1 Å². The van der Waals surface area contributed by atoms with Gasteiger partial charge in [-0.2, -0.15) is 5.26 Å². The summed E-state index contributed by atoms with van der Waals surface area (Å²) >= 11 is 0. The number of hydrogen-bond acceptors (Lipinski definition) is 4. The molecule has 5 nitrogen and oxygen atoms in total. The van der Waals surface area contributed by atoms with E-state index in [4.69, 9.17) is 5.26 Å². The number of nitriles is 1. The first-order chi connectivity index (χ1) is 13.7. The molecule has 0 spiro atoms. The first-order valence-corrected chi connectivity index (χ1v) is 10.4. The number of rotatable bonds is 4. The number of pyridine rings is 1. The lowest BCUT2D eigenvalue weighted by Gasteiger charge is -2.38. The fourth-order valence-corrected chi connectivity index (χ4v) is 4.64. The number of piperidine rings is 1. The molecule has 0 aliphatic carbocycles. The Balaban J connectivity index is 1.33. The number of anilines is 1. The predicted molar refractivity (Wildman–Crippen MR) is 112 cm³/mol. The number of benzene rings is 1. The molecule has 2 fully saturated rings. The van der Waals surface area contributed by atoms with E-state index >= 15 is 0 Å². The van der Waals surface area contributed by atoms with Gasteiger partial charge in [0.1, 0.15) is 0 Å². The molecule has 2 saturated heterocycles. The molecule has 3 heterocycles. The Hall–Kier alpha value is -2.58. The van der Waals surface area contributed by atoms with E-state index < -0.39 is 0 Å². The number of nitrogens with zero attached hydrogens (tertiary/aromatic N) is 3. The molecule has 5 heteroatoms. The summed E-state index contributed by atoms with van der Waals surface area (Å²) in [5.41, 5.74) is 3.97. The lowest BCUT2D eigenvalue weighted by atomic mass is 10.0. The first-order valence-electron chi connectivity index (χ1n) is 10.4. The van der Waals surface area contributed by atoms with E-state index in [1.807, 2.05) is 25.1 Å². The molecular formula is C23H28N4O. The van der Waals surface area contributed by atoms with Crippen molar-refractivity contribution in [1.82, 2.24) is 9.88 Å². The van der Waals surface area contributed by atoms with Gasteiger partial charge < -0.3 is 9.88 Å². The minimum atomic E-state index is 0.0779. The molecule has 1 aromatic heterocycles. The molecule has 146 valence electrons. The van der Waals surface area contributed by atoms with Gasteiger partial charge in [0.2, 0.25) is 0 Å². The monoisotopic (exact) mass is 376 g/mol. The Bertz CT molecular complexity index is 903. The van der Waals surface area contributed by atoms with E-state index in [0.717, 1.165) is 63.1 Å². The first kappa shape index (κ1) is 18.8. The fourth-order valence-electron chi connectivity index (χ4n) is 4.64. The van der Waals surface area contributed by atoms with Crippen LogP contribution >= 0.6 is 0 Å². The topological polar surface area (TPSA) is 63.1 Å². The Labute approximate surface area is 166 Å². The fraction of sp³-hybridized carbons (Fsp3) is 0.478. The van der Waals surface area contributed by atoms with Crippen LogP contribution in [0.4, 0.5) is 5.69 Å². The van der Waals surface area contributed by atoms with Gasteiger partial charge in [-0.1, -0.05) is 13.0 Å². The minimum Gasteiger partial charge on any atom is -0.371 e. The molecule has 0 saturated carbocycles. The van der Waals surface area contributed by atoms with Crippen LogP contribution in [0, 0.1) is 11.3 Å². The normalized spacial score (nSPS) is 21.0. The molecule has 2 aliphatic heterocycles. The Morgan fingerprint density at radius 3 is 2.46 bits per heavy atom. The third-order valence-electron chi connectivity index (χ3n) is 6.40. The average Bonchev–Trinajstić information content (AvgIpc) is 3.24. The molecule has 1 atom stereocenters. The maximum Gasteiger partial charge on any atom is 0.251 e. The molecule has 1 aromatic carbocycles. The van der Waals surface area contributed by atoms with E-state index in [-0.39, 0.29) is 5.56 Å². The van der Waals surface area contributed by atoms with Gasteiger partial charge in [0, 0.05) is 48.5 Å². The second kappa shape index (κ2) is 8.20. The van der Waals surface area contributed by atoms with Crippen molar-refractivity contribution < 1.29 is 0 Å². The number of aryl methyl sites for hydroxylation is 1. The van der Waals surface area contributed by atoms with Crippen molar-refractivity contribution >= 4 is 5.69 Å². The summed E-state index contributed by atoms with van der Waals surface area (Å²) in [6.07, 6.45) is 4.23. The Morgan fingerprint density at radius 1 is 1.07 bits per heavy atom. The average molecular weight is 377 g/mol. The highest BCUT2D eigenvalue weighted by Gasteiger charge is 2.31. The van der Waals surface area contributed by atoms with Crippen molar-refractivity contribution in [2.45, 2.75) is 44.6 Å². The maximum atomic E-state index is 12.1. The van der Waals surface area contributed by atoms with Crippen LogP contribution < -0.4 is 10.5 Å². The maximum absolute atomic E-state index is 12.1. The van der Waals surface area contributed by atoms with E-state index in [1.54, 1.807) is 0 Å². The van der Waals surface area contributed by atoms with Gasteiger partial charge in [0.15, 0.2) is 0 Å². The molecule has 0 amide bonds. The summed E-state index contributed by atoms with van der Waals surface area (Å²) in [5.74, 6) is 0.440. The number of aromatic amines is 1. The standard InChI is InChI=1S/C23H28N4O/c1-2-18-5-8-22(25-23(18)28)19-9-12-27(16-19)21-10-13-26(14-11-21)20-6-3-17(15-24)4-7-20/h3-8,19,21H,2,9-14,16H2,1H3,(H,25,28). The van der Waals surface area contributed by atoms with Crippen molar-refractivity contribution in [3.63, 3.8) is 0 Å². The second-order valence-corrected chi connectivity index (χ2v) is 7.98. The SMILES string of the molecule is CCc1ccc(C2CCN(C3CCN(c4ccc(C#N)cc4)CC3)C2)[nH]c1=O. The van der Waals surface area contributed by atoms with Crippen molar-refractivity contribution in [1.29, 1.82) is 5.26 Å². The van der Waals surface area contributed by atoms with Crippen LogP contribution in [-0.4, -0.2) is 42.1 Å². The quantitative estimate of drug-likeness (QED) is 0.890. The smallest absolute Gasteiger partial charge is 0.251 e. The Kier molecular flexibility index (Phi) is 5.50. The van der Waals surface area contributed by atoms with Crippen LogP contribution in [0.3, 0.4) is 0 Å². The molecule has 2 aliphatic rings. The summed E-state index contributed by atoms with van der Waals surface area (Å²) in [6, 6.07) is 14.8. The summed E-state index contributed by atoms with van der Waals surface area (Å²) in [5, 5.41) is 8.95. The molecule has 2 aromatic rings. The third-order valence-corrected chi connectivity index (χ3v) is 6.40. The number of nitrogens with one attached hydrogen (secondary N) is 1. The zero-order valence-electron chi connectivity index (χ0n) is 16.5. The van der Waals surface area contributed by atoms with Crippen LogP contribution in [0.2, 0.25) is 0 Å². The summed E-state index contributed by atoms with van der Waals surface area (Å²) in [6.45, 7) is 6.29. The van der Waals surface area contributed by atoms with Crippen molar-refractivity contribution in [2.24, 2.45) is 0 Å². The lowest BCUT2D eigenvalue weighted by molar-refractivity contribution is 0.205. The van der Waals surface area contributed by atoms with Gasteiger partial charge in [0.25, 0.3) is 5.56 Å². The zero-order chi connectivity index (χ0) is 19.5. The molecule has 1 unspecified atom stereocenters. The second-order valence-electron chi connectivity index (χ2n) is 7.98.